The van der Waals surface area contributed by atoms with E-state index in [2.05, 4.69) is 18.8 Å². The number of nitrogens with zero attached hydrogens (tertiary/aromatic N) is 1. The number of amides is 1. The molecule has 1 saturated heterocycles. The molecule has 2 rings (SSSR count). The number of benzene rings is 1. The first-order valence-corrected chi connectivity index (χ1v) is 7.64. The highest BCUT2D eigenvalue weighted by atomic mass is 16.2. The highest BCUT2D eigenvalue weighted by Crippen LogP contribution is 2.20. The van der Waals surface area contributed by atoms with E-state index >= 15 is 0 Å². The van der Waals surface area contributed by atoms with Gasteiger partial charge in [-0.2, -0.15) is 0 Å². The summed E-state index contributed by atoms with van der Waals surface area (Å²) in [7, 11) is 0. The molecule has 3 heteroatoms. The molecule has 0 aliphatic carbocycles. The lowest BCUT2D eigenvalue weighted by Crippen LogP contribution is -2.42. The van der Waals surface area contributed by atoms with Gasteiger partial charge in [0.1, 0.15) is 0 Å². The van der Waals surface area contributed by atoms with E-state index < -0.39 is 0 Å². The third kappa shape index (κ3) is 4.09. The summed E-state index contributed by atoms with van der Waals surface area (Å²) >= 11 is 0. The van der Waals surface area contributed by atoms with Gasteiger partial charge in [0.25, 0.3) is 5.91 Å². The van der Waals surface area contributed by atoms with Crippen molar-refractivity contribution in [2.75, 3.05) is 13.2 Å². The third-order valence-electron chi connectivity index (χ3n) is 3.86. The maximum atomic E-state index is 12.7. The Labute approximate surface area is 127 Å². The van der Waals surface area contributed by atoms with Crippen LogP contribution in [-0.4, -0.2) is 35.1 Å². The number of aliphatic hydroxyl groups is 1. The Morgan fingerprint density at radius 1 is 1.38 bits per heavy atom. The number of aliphatic hydroxyl groups excluding tert-OH is 1. The highest BCUT2D eigenvalue weighted by molar-refractivity contribution is 5.95. The second-order valence-electron chi connectivity index (χ2n) is 5.71. The fourth-order valence-electron chi connectivity index (χ4n) is 2.76. The average molecular weight is 285 g/mol. The van der Waals surface area contributed by atoms with Gasteiger partial charge in [0.15, 0.2) is 0 Å². The monoisotopic (exact) mass is 285 g/mol. The van der Waals surface area contributed by atoms with Gasteiger partial charge >= 0.3 is 0 Å². The Bertz CT molecular complexity index is 568. The van der Waals surface area contributed by atoms with Gasteiger partial charge in [-0.15, -0.1) is 0 Å². The van der Waals surface area contributed by atoms with Crippen LogP contribution in [0, 0.1) is 18.8 Å². The predicted molar refractivity (Wildman–Crippen MR) is 84.1 cm³/mol. The molecule has 0 spiro atoms. The second kappa shape index (κ2) is 7.28. The Kier molecular flexibility index (Phi) is 5.41. The third-order valence-corrected chi connectivity index (χ3v) is 3.86. The molecule has 1 aromatic carbocycles. The standard InChI is InChI=1S/C18H23NO2/c1-14-11-16(8-4-6-10-20)13-17(12-14)18(21)19-9-5-3-7-15(19)2/h11-13,15,20H,3,5-7,9-10H2,1-2H3. The molecule has 1 aliphatic heterocycles. The van der Waals surface area contributed by atoms with E-state index in [1.807, 2.05) is 30.0 Å². The van der Waals surface area contributed by atoms with Gasteiger partial charge in [0.05, 0.1) is 6.61 Å². The summed E-state index contributed by atoms with van der Waals surface area (Å²) in [6.45, 7) is 5.01. The van der Waals surface area contributed by atoms with E-state index in [4.69, 9.17) is 5.11 Å². The maximum absolute atomic E-state index is 12.7. The molecule has 0 radical (unpaired) electrons. The summed E-state index contributed by atoms with van der Waals surface area (Å²) < 4.78 is 0. The molecule has 1 fully saturated rings. The predicted octanol–water partition coefficient (Wildman–Crippen LogP) is 2.74. The molecule has 1 aromatic rings. The fraction of sp³-hybridized carbons (Fsp3) is 0.500. The van der Waals surface area contributed by atoms with Gasteiger partial charge in [-0.3, -0.25) is 4.79 Å². The van der Waals surface area contributed by atoms with Gasteiger partial charge in [0, 0.05) is 30.1 Å². The first-order chi connectivity index (χ1) is 10.1. The van der Waals surface area contributed by atoms with E-state index in [1.54, 1.807) is 0 Å². The summed E-state index contributed by atoms with van der Waals surface area (Å²) in [4.78, 5) is 14.7. The summed E-state index contributed by atoms with van der Waals surface area (Å²) in [5.41, 5.74) is 2.60. The van der Waals surface area contributed by atoms with Crippen molar-refractivity contribution in [1.29, 1.82) is 0 Å². The van der Waals surface area contributed by atoms with Crippen molar-refractivity contribution in [3.05, 3.63) is 34.9 Å². The van der Waals surface area contributed by atoms with E-state index in [1.165, 1.54) is 6.42 Å². The summed E-state index contributed by atoms with van der Waals surface area (Å²) in [5, 5.41) is 8.78. The van der Waals surface area contributed by atoms with Gasteiger partial charge in [-0.25, -0.2) is 0 Å². The molecule has 3 nitrogen and oxygen atoms in total. The molecule has 1 N–H and O–H groups in total. The van der Waals surface area contributed by atoms with Gasteiger partial charge < -0.3 is 10.0 Å². The Morgan fingerprint density at radius 2 is 2.19 bits per heavy atom. The van der Waals surface area contributed by atoms with Crippen molar-refractivity contribution in [2.24, 2.45) is 0 Å². The molecule has 0 saturated carbocycles. The summed E-state index contributed by atoms with van der Waals surface area (Å²) in [6, 6.07) is 6.08. The van der Waals surface area contributed by atoms with Crippen molar-refractivity contribution in [3.8, 4) is 11.8 Å². The molecule has 0 bridgehead atoms. The van der Waals surface area contributed by atoms with Crippen LogP contribution in [0.25, 0.3) is 0 Å². The van der Waals surface area contributed by atoms with Crippen LogP contribution < -0.4 is 0 Å². The minimum Gasteiger partial charge on any atom is -0.395 e. The van der Waals surface area contributed by atoms with E-state index in [0.717, 1.165) is 36.1 Å². The van der Waals surface area contributed by atoms with Gasteiger partial charge in [-0.1, -0.05) is 11.8 Å². The molecule has 1 heterocycles. The second-order valence-corrected chi connectivity index (χ2v) is 5.71. The van der Waals surface area contributed by atoms with Crippen LogP contribution in [0.2, 0.25) is 0 Å². The first kappa shape index (κ1) is 15.6. The van der Waals surface area contributed by atoms with Gasteiger partial charge in [-0.05, 0) is 56.9 Å². The molecular formula is C18H23NO2. The smallest absolute Gasteiger partial charge is 0.254 e. The quantitative estimate of drug-likeness (QED) is 0.849. The number of piperidine rings is 1. The van der Waals surface area contributed by atoms with Crippen LogP contribution in [0.15, 0.2) is 18.2 Å². The lowest BCUT2D eigenvalue weighted by molar-refractivity contribution is 0.0635. The number of carbonyl (C=O) groups excluding carboxylic acids is 1. The number of hydrogen-bond donors (Lipinski definition) is 1. The molecule has 21 heavy (non-hydrogen) atoms. The number of carbonyl (C=O) groups is 1. The largest absolute Gasteiger partial charge is 0.395 e. The van der Waals surface area contributed by atoms with Gasteiger partial charge in [0.2, 0.25) is 0 Å². The van der Waals surface area contributed by atoms with Crippen molar-refractivity contribution in [2.45, 2.75) is 45.6 Å². The van der Waals surface area contributed by atoms with Crippen LogP contribution in [0.5, 0.6) is 0 Å². The van der Waals surface area contributed by atoms with E-state index in [9.17, 15) is 4.79 Å². The number of aryl methyl sites for hydroxylation is 1. The molecule has 1 aliphatic rings. The van der Waals surface area contributed by atoms with Crippen LogP contribution in [0.3, 0.4) is 0 Å². The normalized spacial score (nSPS) is 18.0. The molecule has 1 unspecified atom stereocenters. The SMILES string of the molecule is Cc1cc(C#CCCO)cc(C(=O)N2CCCCC2C)c1. The van der Waals surface area contributed by atoms with Crippen molar-refractivity contribution in [3.63, 3.8) is 0 Å². The average Bonchev–Trinajstić information content (AvgIpc) is 2.47. The Morgan fingerprint density at radius 3 is 2.90 bits per heavy atom. The zero-order chi connectivity index (χ0) is 15.2. The number of hydrogen-bond acceptors (Lipinski definition) is 2. The lowest BCUT2D eigenvalue weighted by Gasteiger charge is -2.33. The molecule has 112 valence electrons. The summed E-state index contributed by atoms with van der Waals surface area (Å²) in [6.07, 6.45) is 3.84. The highest BCUT2D eigenvalue weighted by Gasteiger charge is 2.24. The van der Waals surface area contributed by atoms with Crippen molar-refractivity contribution in [1.82, 2.24) is 4.90 Å². The van der Waals surface area contributed by atoms with E-state index in [0.29, 0.717) is 12.5 Å². The first-order valence-electron chi connectivity index (χ1n) is 7.64. The minimum absolute atomic E-state index is 0.0654. The van der Waals surface area contributed by atoms with Crippen LogP contribution in [0.1, 0.15) is 54.1 Å². The van der Waals surface area contributed by atoms with E-state index in [-0.39, 0.29) is 12.5 Å². The van der Waals surface area contributed by atoms with Crippen LogP contribution >= 0.6 is 0 Å². The maximum Gasteiger partial charge on any atom is 0.254 e. The number of rotatable bonds is 2. The molecular weight excluding hydrogens is 262 g/mol. The fourth-order valence-corrected chi connectivity index (χ4v) is 2.76. The Balaban J connectivity index is 2.23. The number of likely N-dealkylation sites (tertiary alicyclic amines) is 1. The van der Waals surface area contributed by atoms with Crippen molar-refractivity contribution >= 4 is 5.91 Å². The summed E-state index contributed by atoms with van der Waals surface area (Å²) in [5.74, 6) is 6.03. The molecule has 1 atom stereocenters. The molecule has 1 amide bonds. The zero-order valence-corrected chi connectivity index (χ0v) is 12.9. The zero-order valence-electron chi connectivity index (χ0n) is 12.9. The lowest BCUT2D eigenvalue weighted by atomic mass is 10.0. The molecule has 0 aromatic heterocycles. The topological polar surface area (TPSA) is 40.5 Å². The Hall–Kier alpha value is -1.79. The minimum atomic E-state index is 0.0654. The van der Waals surface area contributed by atoms with Crippen molar-refractivity contribution < 1.29 is 9.90 Å². The van der Waals surface area contributed by atoms with Crippen LogP contribution in [0.4, 0.5) is 0 Å². The van der Waals surface area contributed by atoms with Crippen LogP contribution in [-0.2, 0) is 0 Å².